The molecule has 3 aromatic rings. The predicted octanol–water partition coefficient (Wildman–Crippen LogP) is 4.22. The molecule has 3 N–H and O–H groups in total. The van der Waals surface area contributed by atoms with E-state index < -0.39 is 12.1 Å². The highest BCUT2D eigenvalue weighted by atomic mass is 35.5. The number of rotatable bonds is 6. The van der Waals surface area contributed by atoms with E-state index in [1.165, 1.54) is 16.7 Å². The minimum absolute atomic E-state index is 0.00832. The molecule has 1 aliphatic carbocycles. The Labute approximate surface area is 252 Å². The molecule has 3 amide bonds. The van der Waals surface area contributed by atoms with Crippen molar-refractivity contribution in [3.8, 4) is 0 Å². The fourth-order valence-electron chi connectivity index (χ4n) is 7.09. The molecule has 0 radical (unpaired) electrons. The molecule has 1 saturated heterocycles. The molecule has 1 fully saturated rings. The second kappa shape index (κ2) is 11.9. The third-order valence-corrected chi connectivity index (χ3v) is 9.53. The van der Waals surface area contributed by atoms with Crippen molar-refractivity contribution in [2.45, 2.75) is 69.1 Å². The van der Waals surface area contributed by atoms with Gasteiger partial charge in [0.25, 0.3) is 0 Å². The van der Waals surface area contributed by atoms with Crippen molar-refractivity contribution in [1.82, 2.24) is 20.9 Å². The van der Waals surface area contributed by atoms with E-state index in [0.29, 0.717) is 37.5 Å². The van der Waals surface area contributed by atoms with Crippen LogP contribution in [0.2, 0.25) is 5.02 Å². The molecule has 3 aliphatic rings. The zero-order valence-corrected chi connectivity index (χ0v) is 24.6. The fourth-order valence-corrected chi connectivity index (χ4v) is 7.21. The molecule has 3 atom stereocenters. The number of hydrogen-bond donors (Lipinski definition) is 3. The molecule has 0 saturated carbocycles. The lowest BCUT2D eigenvalue weighted by Gasteiger charge is -2.41. The number of carbonyl (C=O) groups is 3. The van der Waals surface area contributed by atoms with Gasteiger partial charge in [0, 0.05) is 43.4 Å². The van der Waals surface area contributed by atoms with E-state index >= 15 is 0 Å². The predicted molar refractivity (Wildman–Crippen MR) is 163 cm³/mol. The molecule has 6 rings (SSSR count). The highest BCUT2D eigenvalue weighted by Crippen LogP contribution is 2.50. The molecule has 0 aromatic heterocycles. The largest absolute Gasteiger partial charge is 0.349 e. The second-order valence-electron chi connectivity index (χ2n) is 11.9. The highest BCUT2D eigenvalue weighted by molar-refractivity contribution is 6.30. The Bertz CT molecular complexity index is 1480. The first-order valence-electron chi connectivity index (χ1n) is 14.8. The number of nitrogens with one attached hydrogen (secondary N) is 3. The SMILES string of the molecule is CC(=O)NC1CC2(CCN(C(=O)C(Cc3ccc(Cl)cc3)NC(=O)C3Cc4ccccc4CN3)CC2)c2ccccc21. The van der Waals surface area contributed by atoms with Crippen molar-refractivity contribution < 1.29 is 14.4 Å². The summed E-state index contributed by atoms with van der Waals surface area (Å²) in [6.45, 7) is 3.38. The van der Waals surface area contributed by atoms with E-state index in [1.54, 1.807) is 6.92 Å². The maximum atomic E-state index is 14.1. The number of fused-ring (bicyclic) bond motifs is 3. The molecule has 8 heteroatoms. The monoisotopic (exact) mass is 584 g/mol. The first-order chi connectivity index (χ1) is 20.3. The van der Waals surface area contributed by atoms with Crippen molar-refractivity contribution in [3.05, 3.63) is 106 Å². The third-order valence-electron chi connectivity index (χ3n) is 9.28. The minimum Gasteiger partial charge on any atom is -0.349 e. The van der Waals surface area contributed by atoms with E-state index in [4.69, 9.17) is 11.6 Å². The van der Waals surface area contributed by atoms with Crippen LogP contribution in [0, 0.1) is 0 Å². The van der Waals surface area contributed by atoms with Crippen molar-refractivity contribution >= 4 is 29.3 Å². The Hall–Kier alpha value is -3.68. The van der Waals surface area contributed by atoms with Crippen molar-refractivity contribution in [2.24, 2.45) is 0 Å². The molecule has 2 aliphatic heterocycles. The lowest BCUT2D eigenvalue weighted by molar-refractivity contribution is -0.138. The van der Waals surface area contributed by atoms with Crippen LogP contribution in [0.5, 0.6) is 0 Å². The summed E-state index contributed by atoms with van der Waals surface area (Å²) in [4.78, 5) is 41.4. The van der Waals surface area contributed by atoms with Gasteiger partial charge in [0.1, 0.15) is 6.04 Å². The summed E-state index contributed by atoms with van der Waals surface area (Å²) in [6, 6.07) is 22.9. The molecule has 1 spiro atoms. The number of hydrogen-bond acceptors (Lipinski definition) is 4. The normalized spacial score (nSPS) is 21.2. The van der Waals surface area contributed by atoms with Gasteiger partial charge in [-0.25, -0.2) is 0 Å². The van der Waals surface area contributed by atoms with Crippen molar-refractivity contribution in [2.75, 3.05) is 13.1 Å². The second-order valence-corrected chi connectivity index (χ2v) is 12.4. The zero-order valence-electron chi connectivity index (χ0n) is 23.9. The van der Waals surface area contributed by atoms with E-state index in [0.717, 1.165) is 30.4 Å². The quantitative estimate of drug-likeness (QED) is 0.405. The van der Waals surface area contributed by atoms with Gasteiger partial charge in [0.2, 0.25) is 17.7 Å². The van der Waals surface area contributed by atoms with Crippen LogP contribution >= 0.6 is 11.6 Å². The van der Waals surface area contributed by atoms with Crippen LogP contribution in [0.3, 0.4) is 0 Å². The van der Waals surface area contributed by atoms with Crippen LogP contribution in [0.25, 0.3) is 0 Å². The summed E-state index contributed by atoms with van der Waals surface area (Å²) in [7, 11) is 0. The molecule has 3 unspecified atom stereocenters. The average molecular weight is 585 g/mol. The van der Waals surface area contributed by atoms with Crippen LogP contribution in [0.4, 0.5) is 0 Å². The van der Waals surface area contributed by atoms with Crippen LogP contribution < -0.4 is 16.0 Å². The first kappa shape index (κ1) is 28.4. The van der Waals surface area contributed by atoms with Crippen LogP contribution in [-0.2, 0) is 39.2 Å². The Morgan fingerprint density at radius 3 is 2.40 bits per heavy atom. The number of likely N-dealkylation sites (tertiary alicyclic amines) is 1. The van der Waals surface area contributed by atoms with E-state index in [9.17, 15) is 14.4 Å². The summed E-state index contributed by atoms with van der Waals surface area (Å²) in [5, 5.41) is 10.2. The fraction of sp³-hybridized carbons (Fsp3) is 0.382. The number of carbonyl (C=O) groups excluding carboxylic acids is 3. The maximum absolute atomic E-state index is 14.1. The number of nitrogens with zero attached hydrogens (tertiary/aromatic N) is 1. The molecule has 0 bridgehead atoms. The zero-order chi connectivity index (χ0) is 29.3. The summed E-state index contributed by atoms with van der Waals surface area (Å²) < 4.78 is 0. The van der Waals surface area contributed by atoms with Crippen LogP contribution in [-0.4, -0.2) is 47.8 Å². The van der Waals surface area contributed by atoms with Crippen molar-refractivity contribution in [3.63, 3.8) is 0 Å². The topological polar surface area (TPSA) is 90.5 Å². The van der Waals surface area contributed by atoms with E-state index in [1.807, 2.05) is 47.4 Å². The lowest BCUT2D eigenvalue weighted by Crippen LogP contribution is -2.57. The third kappa shape index (κ3) is 5.81. The van der Waals surface area contributed by atoms with Gasteiger partial charge in [-0.2, -0.15) is 0 Å². The Balaban J connectivity index is 1.17. The van der Waals surface area contributed by atoms with Gasteiger partial charge < -0.3 is 20.9 Å². The van der Waals surface area contributed by atoms with Gasteiger partial charge >= 0.3 is 0 Å². The van der Waals surface area contributed by atoms with Gasteiger partial charge in [-0.05, 0) is 65.6 Å². The highest BCUT2D eigenvalue weighted by Gasteiger charge is 2.46. The Morgan fingerprint density at radius 1 is 0.976 bits per heavy atom. The minimum atomic E-state index is -0.685. The van der Waals surface area contributed by atoms with Crippen LogP contribution in [0.15, 0.2) is 72.8 Å². The van der Waals surface area contributed by atoms with Crippen molar-refractivity contribution in [1.29, 1.82) is 0 Å². The molecular weight excluding hydrogens is 548 g/mol. The molecule has 7 nitrogen and oxygen atoms in total. The van der Waals surface area contributed by atoms with Gasteiger partial charge in [-0.15, -0.1) is 0 Å². The molecular formula is C34H37ClN4O3. The number of amides is 3. The maximum Gasteiger partial charge on any atom is 0.245 e. The summed E-state index contributed by atoms with van der Waals surface area (Å²) in [5.74, 6) is -0.251. The molecule has 42 heavy (non-hydrogen) atoms. The lowest BCUT2D eigenvalue weighted by atomic mass is 9.73. The van der Waals surface area contributed by atoms with Gasteiger partial charge in [0.15, 0.2) is 0 Å². The van der Waals surface area contributed by atoms with E-state index in [2.05, 4.69) is 46.3 Å². The smallest absolute Gasteiger partial charge is 0.245 e. The number of halogens is 1. The average Bonchev–Trinajstić information content (AvgIpc) is 3.29. The Morgan fingerprint density at radius 2 is 1.67 bits per heavy atom. The first-order valence-corrected chi connectivity index (χ1v) is 15.2. The summed E-state index contributed by atoms with van der Waals surface area (Å²) in [5.41, 5.74) is 5.69. The Kier molecular flexibility index (Phi) is 8.06. The molecule has 218 valence electrons. The summed E-state index contributed by atoms with van der Waals surface area (Å²) >= 11 is 6.12. The van der Waals surface area contributed by atoms with Crippen LogP contribution in [0.1, 0.15) is 60.0 Å². The molecule has 3 aromatic carbocycles. The number of benzene rings is 3. The standard InChI is InChI=1S/C34H37ClN4O3/c1-22(40)37-31-20-34(28-9-5-4-8-27(28)31)14-16-39(17-15-34)33(42)30(18-23-10-12-26(35)13-11-23)38-32(41)29-19-24-6-2-3-7-25(24)21-36-29/h2-13,29-31,36H,14-21H2,1H3,(H,37,40)(H,38,41). The van der Waals surface area contributed by atoms with Gasteiger partial charge in [0.05, 0.1) is 12.1 Å². The van der Waals surface area contributed by atoms with E-state index in [-0.39, 0.29) is 29.2 Å². The number of piperidine rings is 1. The molecule has 2 heterocycles. The summed E-state index contributed by atoms with van der Waals surface area (Å²) in [6.07, 6.45) is 3.45. The van der Waals surface area contributed by atoms with Gasteiger partial charge in [-0.1, -0.05) is 72.3 Å². The van der Waals surface area contributed by atoms with Gasteiger partial charge in [-0.3, -0.25) is 14.4 Å².